The van der Waals surface area contributed by atoms with E-state index in [2.05, 4.69) is 15.7 Å². The highest BCUT2D eigenvalue weighted by atomic mass is 19.1. The van der Waals surface area contributed by atoms with Crippen LogP contribution >= 0.6 is 0 Å². The number of benzene rings is 2. The number of hydrogen-bond donors (Lipinski definition) is 3. The summed E-state index contributed by atoms with van der Waals surface area (Å²) in [6.07, 6.45) is 4.34. The highest BCUT2D eigenvalue weighted by molar-refractivity contribution is 5.91. The fraction of sp³-hybridized carbons (Fsp3) is 0.269. The van der Waals surface area contributed by atoms with Crippen LogP contribution in [0.2, 0.25) is 0 Å². The molecule has 2 amide bonds. The SMILES string of the molecule is Cc1c(-c2cnn(C)c2)nn(-c2ccccc2)c1NC(=O)N[C@@H]1c2ccc(F)cc2C2(CC2)C1O. The van der Waals surface area contributed by atoms with Gasteiger partial charge in [0.15, 0.2) is 0 Å². The number of nitrogens with one attached hydrogen (secondary N) is 2. The van der Waals surface area contributed by atoms with Gasteiger partial charge in [-0.25, -0.2) is 13.9 Å². The molecule has 6 rings (SSSR count). The number of carbonyl (C=O) groups is 1. The van der Waals surface area contributed by atoms with E-state index in [4.69, 9.17) is 5.10 Å². The van der Waals surface area contributed by atoms with Crippen molar-refractivity contribution < 1.29 is 14.3 Å². The quantitative estimate of drug-likeness (QED) is 0.418. The number of aryl methyl sites for hydroxylation is 1. The van der Waals surface area contributed by atoms with Crippen LogP contribution in [-0.4, -0.2) is 36.8 Å². The number of aromatic nitrogens is 4. The molecule has 35 heavy (non-hydrogen) atoms. The molecule has 0 bridgehead atoms. The molecule has 2 aromatic heterocycles. The molecule has 4 aromatic rings. The van der Waals surface area contributed by atoms with E-state index in [-0.39, 0.29) is 5.82 Å². The van der Waals surface area contributed by atoms with Gasteiger partial charge in [0, 0.05) is 29.8 Å². The Kier molecular flexibility index (Phi) is 4.79. The van der Waals surface area contributed by atoms with Crippen LogP contribution in [0.4, 0.5) is 15.0 Å². The monoisotopic (exact) mass is 472 g/mol. The summed E-state index contributed by atoms with van der Waals surface area (Å²) in [5, 5.41) is 25.9. The molecule has 2 aromatic carbocycles. The summed E-state index contributed by atoms with van der Waals surface area (Å²) in [6.45, 7) is 1.89. The second kappa shape index (κ2) is 7.78. The van der Waals surface area contributed by atoms with E-state index in [1.807, 2.05) is 50.5 Å². The molecule has 0 saturated heterocycles. The maximum absolute atomic E-state index is 13.9. The predicted octanol–water partition coefficient (Wildman–Crippen LogP) is 3.99. The second-order valence-corrected chi connectivity index (χ2v) is 9.38. The largest absolute Gasteiger partial charge is 0.390 e. The first-order chi connectivity index (χ1) is 16.9. The molecule has 2 aliphatic carbocycles. The molecule has 2 atom stereocenters. The average molecular weight is 473 g/mol. The van der Waals surface area contributed by atoms with E-state index in [0.29, 0.717) is 11.5 Å². The lowest BCUT2D eigenvalue weighted by molar-refractivity contribution is 0.109. The molecule has 178 valence electrons. The summed E-state index contributed by atoms with van der Waals surface area (Å²) >= 11 is 0. The first kappa shape index (κ1) is 21.5. The highest BCUT2D eigenvalue weighted by Crippen LogP contribution is 2.60. The van der Waals surface area contributed by atoms with E-state index in [0.717, 1.165) is 40.8 Å². The fourth-order valence-electron chi connectivity index (χ4n) is 5.24. The molecule has 3 N–H and O–H groups in total. The van der Waals surface area contributed by atoms with Gasteiger partial charge in [-0.15, -0.1) is 0 Å². The first-order valence-corrected chi connectivity index (χ1v) is 11.6. The van der Waals surface area contributed by atoms with Crippen LogP contribution in [0, 0.1) is 12.7 Å². The van der Waals surface area contributed by atoms with Crippen molar-refractivity contribution in [2.45, 2.75) is 37.3 Å². The van der Waals surface area contributed by atoms with Gasteiger partial charge in [0.25, 0.3) is 0 Å². The zero-order valence-electron chi connectivity index (χ0n) is 19.4. The molecular formula is C26H25FN6O2. The van der Waals surface area contributed by atoms with E-state index in [9.17, 15) is 14.3 Å². The van der Waals surface area contributed by atoms with Crippen LogP contribution in [0.3, 0.4) is 0 Å². The number of para-hydroxylation sites is 1. The van der Waals surface area contributed by atoms with Crippen molar-refractivity contribution in [1.29, 1.82) is 0 Å². The topological polar surface area (TPSA) is 97.0 Å². The second-order valence-electron chi connectivity index (χ2n) is 9.38. The molecule has 2 heterocycles. The van der Waals surface area contributed by atoms with Crippen LogP contribution in [0.5, 0.6) is 0 Å². The van der Waals surface area contributed by atoms with Gasteiger partial charge in [0.1, 0.15) is 17.3 Å². The van der Waals surface area contributed by atoms with Gasteiger partial charge in [-0.05, 0) is 55.2 Å². The normalized spacial score (nSPS) is 19.5. The van der Waals surface area contributed by atoms with Crippen molar-refractivity contribution in [3.8, 4) is 16.9 Å². The third-order valence-electron chi connectivity index (χ3n) is 7.18. The van der Waals surface area contributed by atoms with Crippen molar-refractivity contribution in [2.75, 3.05) is 5.32 Å². The standard InChI is InChI=1S/C26H25FN6O2/c1-15-21(16-13-28-32(2)14-16)31-33(18-6-4-3-5-7-18)24(15)30-25(35)29-22-19-9-8-17(27)12-20(19)26(10-11-26)23(22)34/h3-9,12-14,22-23,34H,10-11H2,1-2H3,(H2,29,30,35)/t22-,23?/m1/s1. The molecule has 1 spiro atoms. The number of anilines is 1. The lowest BCUT2D eigenvalue weighted by atomic mass is 9.96. The van der Waals surface area contributed by atoms with E-state index in [1.54, 1.807) is 21.6 Å². The molecule has 0 aliphatic heterocycles. The van der Waals surface area contributed by atoms with Crippen molar-refractivity contribution in [3.05, 3.63) is 83.4 Å². The Bertz CT molecular complexity index is 1440. The number of rotatable bonds is 4. The van der Waals surface area contributed by atoms with Gasteiger partial charge in [0.05, 0.1) is 24.0 Å². The van der Waals surface area contributed by atoms with Crippen LogP contribution < -0.4 is 10.6 Å². The minimum atomic E-state index is -0.809. The Morgan fingerprint density at radius 1 is 1.20 bits per heavy atom. The predicted molar refractivity (Wildman–Crippen MR) is 129 cm³/mol. The number of aliphatic hydroxyl groups is 1. The summed E-state index contributed by atoms with van der Waals surface area (Å²) in [5.74, 6) is 0.179. The Morgan fingerprint density at radius 2 is 1.97 bits per heavy atom. The van der Waals surface area contributed by atoms with Crippen molar-refractivity contribution >= 4 is 11.8 Å². The minimum absolute atomic E-state index is 0.336. The molecule has 1 saturated carbocycles. The van der Waals surface area contributed by atoms with Gasteiger partial charge in [-0.1, -0.05) is 24.3 Å². The Balaban J connectivity index is 1.33. The molecule has 1 unspecified atom stereocenters. The van der Waals surface area contributed by atoms with Crippen molar-refractivity contribution in [1.82, 2.24) is 24.9 Å². The third-order valence-corrected chi connectivity index (χ3v) is 7.18. The molecule has 8 nitrogen and oxygen atoms in total. The number of fused-ring (bicyclic) bond motifs is 2. The number of hydrogen-bond acceptors (Lipinski definition) is 4. The van der Waals surface area contributed by atoms with Gasteiger partial charge < -0.3 is 10.4 Å². The van der Waals surface area contributed by atoms with E-state index in [1.165, 1.54) is 12.1 Å². The Morgan fingerprint density at radius 3 is 2.66 bits per heavy atom. The lowest BCUT2D eigenvalue weighted by Crippen LogP contribution is -2.39. The zero-order chi connectivity index (χ0) is 24.3. The number of carbonyl (C=O) groups excluding carboxylic acids is 1. The summed E-state index contributed by atoms with van der Waals surface area (Å²) in [6, 6.07) is 13.0. The van der Waals surface area contributed by atoms with Gasteiger partial charge in [0.2, 0.25) is 0 Å². The molecule has 9 heteroatoms. The van der Waals surface area contributed by atoms with E-state index >= 15 is 0 Å². The smallest absolute Gasteiger partial charge is 0.320 e. The molecule has 0 radical (unpaired) electrons. The lowest BCUT2D eigenvalue weighted by Gasteiger charge is -2.21. The van der Waals surface area contributed by atoms with Gasteiger partial charge in [-0.2, -0.15) is 10.2 Å². The fourth-order valence-corrected chi connectivity index (χ4v) is 5.24. The first-order valence-electron chi connectivity index (χ1n) is 11.6. The van der Waals surface area contributed by atoms with Crippen LogP contribution in [0.15, 0.2) is 60.9 Å². The number of amides is 2. The van der Waals surface area contributed by atoms with Crippen LogP contribution in [0.1, 0.15) is 35.6 Å². The average Bonchev–Trinajstić information content (AvgIpc) is 3.39. The molecular weight excluding hydrogens is 447 g/mol. The van der Waals surface area contributed by atoms with Gasteiger partial charge >= 0.3 is 6.03 Å². The maximum Gasteiger partial charge on any atom is 0.320 e. The van der Waals surface area contributed by atoms with Crippen molar-refractivity contribution in [2.24, 2.45) is 7.05 Å². The summed E-state index contributed by atoms with van der Waals surface area (Å²) in [4.78, 5) is 13.2. The number of nitrogens with zero attached hydrogens (tertiary/aromatic N) is 4. The highest BCUT2D eigenvalue weighted by Gasteiger charge is 2.59. The number of aliphatic hydroxyl groups excluding tert-OH is 1. The minimum Gasteiger partial charge on any atom is -0.390 e. The third kappa shape index (κ3) is 3.42. The summed E-state index contributed by atoms with van der Waals surface area (Å²) < 4.78 is 17.3. The Hall–Kier alpha value is -3.98. The molecule has 1 fully saturated rings. The zero-order valence-corrected chi connectivity index (χ0v) is 19.4. The number of urea groups is 1. The Labute approximate surface area is 201 Å². The summed E-state index contributed by atoms with van der Waals surface area (Å²) in [7, 11) is 1.84. The maximum atomic E-state index is 13.9. The van der Waals surface area contributed by atoms with Crippen LogP contribution in [0.25, 0.3) is 16.9 Å². The van der Waals surface area contributed by atoms with E-state index < -0.39 is 23.6 Å². The van der Waals surface area contributed by atoms with Crippen LogP contribution in [-0.2, 0) is 12.5 Å². The summed E-state index contributed by atoms with van der Waals surface area (Å²) in [5.41, 5.74) is 4.20. The molecule has 2 aliphatic rings. The van der Waals surface area contributed by atoms with Gasteiger partial charge in [-0.3, -0.25) is 10.00 Å². The van der Waals surface area contributed by atoms with Crippen molar-refractivity contribution in [3.63, 3.8) is 0 Å². The number of halogens is 1.